The maximum Gasteiger partial charge on any atom is 0.417 e. The maximum absolute atomic E-state index is 14.8. The second-order valence-corrected chi connectivity index (χ2v) is 12.0. The van der Waals surface area contributed by atoms with Gasteiger partial charge in [0.05, 0.1) is 81.0 Å². The second-order valence-electron chi connectivity index (χ2n) is 12.0. The van der Waals surface area contributed by atoms with Crippen molar-refractivity contribution in [3.8, 4) is 40.7 Å². The van der Waals surface area contributed by atoms with Gasteiger partial charge in [0.15, 0.2) is 11.4 Å². The first-order chi connectivity index (χ1) is 25.2. The molecule has 0 atom stereocenters. The Morgan fingerprint density at radius 2 is 1.00 bits per heavy atom. The molecule has 2 heterocycles. The zero-order valence-corrected chi connectivity index (χ0v) is 26.7. The lowest BCUT2D eigenvalue weighted by Crippen LogP contribution is -2.09. The monoisotopic (exact) mass is 677 g/mol. The van der Waals surface area contributed by atoms with Gasteiger partial charge in [-0.3, -0.25) is 0 Å². The molecule has 242 valence electrons. The number of alkyl halides is 3. The highest BCUT2D eigenvalue weighted by Gasteiger charge is 2.34. The van der Waals surface area contributed by atoms with Crippen LogP contribution in [-0.4, -0.2) is 9.13 Å². The van der Waals surface area contributed by atoms with Crippen molar-refractivity contribution in [2.45, 2.75) is 6.18 Å². The predicted molar refractivity (Wildman–Crippen MR) is 192 cm³/mol. The van der Waals surface area contributed by atoms with Crippen molar-refractivity contribution in [2.75, 3.05) is 0 Å². The van der Waals surface area contributed by atoms with Crippen LogP contribution in [0.1, 0.15) is 22.3 Å². The third-order valence-corrected chi connectivity index (χ3v) is 9.25. The van der Waals surface area contributed by atoms with Gasteiger partial charge in [0.25, 0.3) is 0 Å². The first-order valence-corrected chi connectivity index (χ1v) is 15.7. The topological polar surface area (TPSA) is 89.9 Å². The van der Waals surface area contributed by atoms with Crippen LogP contribution >= 0.6 is 0 Å². The van der Waals surface area contributed by atoms with E-state index >= 15 is 0 Å². The molecule has 0 fully saturated rings. The first-order valence-electron chi connectivity index (χ1n) is 15.7. The summed E-state index contributed by atoms with van der Waals surface area (Å²) in [6.45, 7) is 15.2. The molecule has 0 aliphatic heterocycles. The molecule has 0 radical (unpaired) electrons. The fourth-order valence-electron chi connectivity index (χ4n) is 7.04. The van der Waals surface area contributed by atoms with Crippen molar-refractivity contribution in [3.05, 3.63) is 154 Å². The molecule has 0 unspecified atom stereocenters. The average molecular weight is 678 g/mol. The van der Waals surface area contributed by atoms with Crippen molar-refractivity contribution in [2.24, 2.45) is 0 Å². The van der Waals surface area contributed by atoms with E-state index in [9.17, 15) is 29.0 Å². The van der Waals surface area contributed by atoms with Crippen molar-refractivity contribution in [3.63, 3.8) is 0 Å². The lowest BCUT2D eigenvalue weighted by Gasteiger charge is -2.21. The number of benzene rings is 6. The lowest BCUT2D eigenvalue weighted by atomic mass is 9.95. The van der Waals surface area contributed by atoms with Crippen molar-refractivity contribution < 1.29 is 13.2 Å². The molecule has 7 nitrogen and oxygen atoms in total. The predicted octanol–water partition coefficient (Wildman–Crippen LogP) is 11.3. The van der Waals surface area contributed by atoms with Gasteiger partial charge < -0.3 is 9.13 Å². The molecule has 10 heteroatoms. The molecule has 0 aliphatic rings. The molecule has 8 aromatic rings. The Morgan fingerprint density at radius 3 is 1.48 bits per heavy atom. The number of halogens is 3. The molecule has 0 bridgehead atoms. The largest absolute Gasteiger partial charge is 0.417 e. The summed E-state index contributed by atoms with van der Waals surface area (Å²) in [5.74, 6) is 0. The van der Waals surface area contributed by atoms with E-state index in [-0.39, 0.29) is 22.4 Å². The van der Waals surface area contributed by atoms with Gasteiger partial charge in [-0.25, -0.2) is 9.69 Å². The Labute approximate surface area is 293 Å². The quantitative estimate of drug-likeness (QED) is 0.174. The third kappa shape index (κ3) is 4.71. The number of hydrogen-bond acceptors (Lipinski definition) is 3. The fourth-order valence-corrected chi connectivity index (χ4v) is 7.04. The van der Waals surface area contributed by atoms with Gasteiger partial charge in [-0.2, -0.15) is 29.0 Å². The molecule has 0 amide bonds. The van der Waals surface area contributed by atoms with Gasteiger partial charge in [-0.15, -0.1) is 0 Å². The molecule has 8 rings (SSSR count). The molecule has 0 N–H and O–H groups in total. The number of rotatable bonds is 3. The minimum absolute atomic E-state index is 0.124. The highest BCUT2D eigenvalue weighted by atomic mass is 19.4. The Balaban J connectivity index is 1.56. The van der Waals surface area contributed by atoms with E-state index in [1.165, 1.54) is 18.2 Å². The smallest absolute Gasteiger partial charge is 0.309 e. The third-order valence-electron chi connectivity index (χ3n) is 9.25. The molecule has 0 spiro atoms. The summed E-state index contributed by atoms with van der Waals surface area (Å²) in [5.41, 5.74) is 3.62. The summed E-state index contributed by atoms with van der Waals surface area (Å²) in [7, 11) is 0. The van der Waals surface area contributed by atoms with Gasteiger partial charge in [-0.1, -0.05) is 30.3 Å². The normalized spacial score (nSPS) is 11.3. The minimum atomic E-state index is -4.73. The van der Waals surface area contributed by atoms with E-state index in [1.54, 1.807) is 94.1 Å². The van der Waals surface area contributed by atoms with Crippen LogP contribution < -0.4 is 0 Å². The summed E-state index contributed by atoms with van der Waals surface area (Å²) in [4.78, 5) is 7.14. The van der Waals surface area contributed by atoms with Crippen molar-refractivity contribution in [1.82, 2.24) is 9.13 Å². The number of nitrogens with zero attached hydrogens (tertiary/aromatic N) is 7. The van der Waals surface area contributed by atoms with Crippen LogP contribution in [-0.2, 0) is 6.18 Å². The van der Waals surface area contributed by atoms with E-state index in [2.05, 4.69) is 27.9 Å². The molecule has 6 aromatic carbocycles. The van der Waals surface area contributed by atoms with Crippen LogP contribution in [0.3, 0.4) is 0 Å². The Morgan fingerprint density at radius 1 is 0.519 bits per heavy atom. The van der Waals surface area contributed by atoms with Crippen LogP contribution in [0.25, 0.3) is 75.8 Å². The zero-order chi connectivity index (χ0) is 36.3. The zero-order valence-electron chi connectivity index (χ0n) is 26.7. The van der Waals surface area contributed by atoms with Gasteiger partial charge in [0.2, 0.25) is 0 Å². The Bertz CT molecular complexity index is 2930. The molecule has 52 heavy (non-hydrogen) atoms. The van der Waals surface area contributed by atoms with E-state index in [1.807, 2.05) is 0 Å². The molecular weight excluding hydrogens is 660 g/mol. The number of aromatic nitrogens is 2. The van der Waals surface area contributed by atoms with Crippen LogP contribution in [0.5, 0.6) is 0 Å². The first kappa shape index (κ1) is 31.4. The number of nitriles is 3. The molecule has 0 saturated carbocycles. The van der Waals surface area contributed by atoms with Gasteiger partial charge in [0.1, 0.15) is 6.07 Å². The van der Waals surface area contributed by atoms with E-state index < -0.39 is 11.7 Å². The van der Waals surface area contributed by atoms with Crippen LogP contribution in [0.2, 0.25) is 0 Å². The number of fused-ring (bicyclic) bond motifs is 6. The van der Waals surface area contributed by atoms with Crippen molar-refractivity contribution in [1.29, 1.82) is 15.8 Å². The molecule has 0 saturated heterocycles. The van der Waals surface area contributed by atoms with Crippen molar-refractivity contribution >= 4 is 55.0 Å². The Kier molecular flexibility index (Phi) is 7.04. The fraction of sp³-hybridized carbons (Fsp3) is 0.0238. The van der Waals surface area contributed by atoms with Crippen LogP contribution in [0.15, 0.2) is 109 Å². The molecule has 0 aliphatic carbocycles. The van der Waals surface area contributed by atoms with Gasteiger partial charge >= 0.3 is 6.18 Å². The summed E-state index contributed by atoms with van der Waals surface area (Å²) in [6.07, 6.45) is -4.73. The Hall–Kier alpha value is -7.84. The highest BCUT2D eigenvalue weighted by molar-refractivity contribution is 6.13. The van der Waals surface area contributed by atoms with Crippen LogP contribution in [0, 0.1) is 47.1 Å². The standard InChI is InChI=1S/C42H18F3N7/c1-49-27-9-13-38-32(18-27)33-19-28(50-2)10-14-39(33)52(38)41-17-26(23-48)40(20-34(41)29-5-3-4-6-35(29)42(43,44)45)51-36-11-7-24(21-46)15-30(36)31-16-25(22-47)8-12-37(31)51/h3-20H. The second kappa shape index (κ2) is 11.6. The average Bonchev–Trinajstić information content (AvgIpc) is 3.67. The highest BCUT2D eigenvalue weighted by Crippen LogP contribution is 2.45. The lowest BCUT2D eigenvalue weighted by molar-refractivity contribution is -0.137. The number of hydrogen-bond donors (Lipinski definition) is 0. The summed E-state index contributed by atoms with van der Waals surface area (Å²) >= 11 is 0. The van der Waals surface area contributed by atoms with E-state index in [4.69, 9.17) is 13.1 Å². The maximum atomic E-state index is 14.8. The summed E-state index contributed by atoms with van der Waals surface area (Å²) in [6, 6.07) is 35.0. The van der Waals surface area contributed by atoms with E-state index in [0.717, 1.165) is 6.07 Å². The molecule has 2 aromatic heterocycles. The van der Waals surface area contributed by atoms with E-state index in [0.29, 0.717) is 71.8 Å². The molecular formula is C42H18F3N7. The minimum Gasteiger partial charge on any atom is -0.309 e. The summed E-state index contributed by atoms with van der Waals surface area (Å²) < 4.78 is 47.9. The van der Waals surface area contributed by atoms with Gasteiger partial charge in [0, 0.05) is 16.3 Å². The summed E-state index contributed by atoms with van der Waals surface area (Å²) in [5, 5.41) is 32.6. The van der Waals surface area contributed by atoms with Crippen LogP contribution in [0.4, 0.5) is 24.5 Å². The SMILES string of the molecule is [C-]#[N+]c1ccc2c(c1)c1cc([N+]#[C-])ccc1n2-c1cc(C#N)c(-n2c3ccc(C#N)cc3c3cc(C#N)ccc32)cc1-c1ccccc1C(F)(F)F. The van der Waals surface area contributed by atoms with Gasteiger partial charge in [-0.05, 0) is 95.2 Å².